The van der Waals surface area contributed by atoms with Crippen LogP contribution >= 0.6 is 0 Å². The number of nitriles is 1. The number of azo groups is 1. The molecule has 3 amide bonds. The van der Waals surface area contributed by atoms with Crippen LogP contribution in [0.25, 0.3) is 0 Å². The van der Waals surface area contributed by atoms with Gasteiger partial charge in [-0.15, -0.1) is 10.2 Å². The van der Waals surface area contributed by atoms with Gasteiger partial charge in [-0.2, -0.15) is 5.26 Å². The number of carbonyl (C=O) groups is 3. The average Bonchev–Trinajstić information content (AvgIpc) is 3.25. The fourth-order valence-corrected chi connectivity index (χ4v) is 4.44. The molecule has 13 heteroatoms. The number of nitrogens with one attached hydrogen (secondary N) is 1. The third-order valence-electron chi connectivity index (χ3n) is 6.61. The molecular formula is C31H40N6O7. The van der Waals surface area contributed by atoms with E-state index in [1.54, 1.807) is 19.1 Å². The van der Waals surface area contributed by atoms with Crippen molar-refractivity contribution in [3.8, 4) is 6.07 Å². The van der Waals surface area contributed by atoms with E-state index in [1.807, 2.05) is 26.0 Å². The van der Waals surface area contributed by atoms with Crippen LogP contribution in [0.3, 0.4) is 0 Å². The average molecular weight is 609 g/mol. The van der Waals surface area contributed by atoms with Crippen molar-refractivity contribution in [3.05, 3.63) is 47.0 Å². The van der Waals surface area contributed by atoms with Gasteiger partial charge in [0.05, 0.1) is 62.0 Å². The smallest absolute Gasteiger partial charge is 0.261 e. The monoisotopic (exact) mass is 608 g/mol. The maximum Gasteiger partial charge on any atom is 0.261 e. The molecule has 0 aromatic heterocycles. The Labute approximate surface area is 257 Å². The Hall–Kier alpha value is -4.22. The summed E-state index contributed by atoms with van der Waals surface area (Å²) in [5.74, 6) is -1.19. The Bertz CT molecular complexity index is 1360. The highest BCUT2D eigenvalue weighted by atomic mass is 16.5. The lowest BCUT2D eigenvalue weighted by Gasteiger charge is -2.25. The lowest BCUT2D eigenvalue weighted by atomic mass is 10.0. The molecule has 1 aliphatic rings. The molecule has 13 nitrogen and oxygen atoms in total. The molecular weight excluding hydrogens is 568 g/mol. The Morgan fingerprint density at radius 1 is 0.841 bits per heavy atom. The zero-order valence-electron chi connectivity index (χ0n) is 25.8. The number of anilines is 2. The first-order chi connectivity index (χ1) is 21.3. The van der Waals surface area contributed by atoms with Crippen LogP contribution in [-0.2, 0) is 23.7 Å². The molecule has 3 rings (SSSR count). The normalized spacial score (nSPS) is 12.6. The highest BCUT2D eigenvalue weighted by molar-refractivity contribution is 6.22. The van der Waals surface area contributed by atoms with Gasteiger partial charge in [0.15, 0.2) is 0 Å². The maximum absolute atomic E-state index is 12.7. The van der Waals surface area contributed by atoms with Crippen LogP contribution < -0.4 is 10.2 Å². The molecule has 0 aliphatic carbocycles. The first-order valence-corrected chi connectivity index (χ1v) is 14.7. The minimum absolute atomic E-state index is 0.101. The zero-order chi connectivity index (χ0) is 31.9. The summed E-state index contributed by atoms with van der Waals surface area (Å²) >= 11 is 0. The van der Waals surface area contributed by atoms with Crippen molar-refractivity contribution in [3.63, 3.8) is 0 Å². The number of nitrogens with zero attached hydrogens (tertiary/aromatic N) is 5. The van der Waals surface area contributed by atoms with E-state index < -0.39 is 11.8 Å². The minimum atomic E-state index is -0.444. The number of fused-ring (bicyclic) bond motifs is 1. The van der Waals surface area contributed by atoms with E-state index in [0.717, 1.165) is 10.6 Å². The van der Waals surface area contributed by atoms with Gasteiger partial charge in [-0.05, 0) is 51.1 Å². The molecule has 1 N–H and O–H groups in total. The molecule has 0 atom stereocenters. The number of ether oxygens (including phenoxy) is 4. The van der Waals surface area contributed by atoms with Crippen molar-refractivity contribution in [1.29, 1.82) is 5.26 Å². The number of imide groups is 1. The van der Waals surface area contributed by atoms with Crippen LogP contribution in [-0.4, -0.2) is 95.1 Å². The Morgan fingerprint density at radius 3 is 1.95 bits per heavy atom. The van der Waals surface area contributed by atoms with Gasteiger partial charge in [0, 0.05) is 45.5 Å². The summed E-state index contributed by atoms with van der Waals surface area (Å²) in [6.45, 7) is 12.4. The van der Waals surface area contributed by atoms with Gasteiger partial charge in [-0.25, -0.2) is 0 Å². The van der Waals surface area contributed by atoms with Gasteiger partial charge in [0.1, 0.15) is 17.4 Å². The molecule has 0 spiro atoms. The Kier molecular flexibility index (Phi) is 13.9. The maximum atomic E-state index is 12.7. The second kappa shape index (κ2) is 17.8. The predicted molar refractivity (Wildman–Crippen MR) is 164 cm³/mol. The first-order valence-electron chi connectivity index (χ1n) is 14.7. The summed E-state index contributed by atoms with van der Waals surface area (Å²) in [5.41, 5.74) is 2.12. The Morgan fingerprint density at radius 2 is 1.41 bits per heavy atom. The number of carbonyl (C=O) groups excluding carboxylic acids is 3. The molecule has 1 heterocycles. The summed E-state index contributed by atoms with van der Waals surface area (Å²) < 4.78 is 22.1. The van der Waals surface area contributed by atoms with E-state index >= 15 is 0 Å². The molecule has 0 saturated carbocycles. The van der Waals surface area contributed by atoms with Gasteiger partial charge < -0.3 is 29.2 Å². The fraction of sp³-hybridized carbons (Fsp3) is 0.484. The van der Waals surface area contributed by atoms with E-state index in [9.17, 15) is 19.6 Å². The number of rotatable bonds is 19. The van der Waals surface area contributed by atoms with E-state index in [4.69, 9.17) is 18.9 Å². The third kappa shape index (κ3) is 9.39. The predicted octanol–water partition coefficient (Wildman–Crippen LogP) is 4.46. The topological polar surface area (TPSA) is 155 Å². The van der Waals surface area contributed by atoms with Crippen molar-refractivity contribution >= 4 is 40.5 Å². The van der Waals surface area contributed by atoms with E-state index in [2.05, 4.69) is 20.4 Å². The molecule has 2 aromatic carbocycles. The standard InChI is InChI=1S/C31H40N6O7/c1-5-37-30(39)25-18-23(21-32)28(20-26(25)31(37)40)35-34-27-9-8-24(19-29(27)33-22(4)38)36(10-12-43-16-14-41-6-2)11-13-44-17-15-42-7-3/h8-9,18-20H,5-7,10-17H2,1-4H3,(H,33,38). The number of hydrogen-bond donors (Lipinski definition) is 1. The SMILES string of the molecule is CCOCCOCCN(CCOCCOCC)c1ccc(N=Nc2cc3c(cc2C#N)C(=O)N(CC)C3=O)c(NC(C)=O)c1. The van der Waals surface area contributed by atoms with Crippen LogP contribution in [0.4, 0.5) is 22.7 Å². The quantitative estimate of drug-likeness (QED) is 0.138. The zero-order valence-corrected chi connectivity index (χ0v) is 25.8. The van der Waals surface area contributed by atoms with Crippen LogP contribution in [0, 0.1) is 11.3 Å². The van der Waals surface area contributed by atoms with E-state index in [1.165, 1.54) is 19.1 Å². The van der Waals surface area contributed by atoms with Gasteiger partial charge in [0.2, 0.25) is 5.91 Å². The molecule has 1 aliphatic heterocycles. The molecule has 0 radical (unpaired) electrons. The largest absolute Gasteiger partial charge is 0.379 e. The summed E-state index contributed by atoms with van der Waals surface area (Å²) in [7, 11) is 0. The van der Waals surface area contributed by atoms with Gasteiger partial charge in [-0.1, -0.05) is 0 Å². The number of hydrogen-bond acceptors (Lipinski definition) is 11. The van der Waals surface area contributed by atoms with Gasteiger partial charge >= 0.3 is 0 Å². The van der Waals surface area contributed by atoms with Crippen molar-refractivity contribution in [2.45, 2.75) is 27.7 Å². The van der Waals surface area contributed by atoms with Crippen LogP contribution in [0.1, 0.15) is 54.0 Å². The van der Waals surface area contributed by atoms with E-state index in [-0.39, 0.29) is 34.8 Å². The second-order valence-electron chi connectivity index (χ2n) is 9.57. The van der Waals surface area contributed by atoms with Crippen molar-refractivity contribution in [1.82, 2.24) is 4.90 Å². The number of amides is 3. The molecule has 2 aromatic rings. The molecule has 0 bridgehead atoms. The lowest BCUT2D eigenvalue weighted by molar-refractivity contribution is -0.114. The highest BCUT2D eigenvalue weighted by Gasteiger charge is 2.35. The van der Waals surface area contributed by atoms with Crippen molar-refractivity contribution < 1.29 is 33.3 Å². The molecule has 0 saturated heterocycles. The van der Waals surface area contributed by atoms with Crippen LogP contribution in [0.15, 0.2) is 40.6 Å². The first kappa shape index (κ1) is 34.3. The molecule has 0 unspecified atom stereocenters. The number of benzene rings is 2. The lowest BCUT2D eigenvalue weighted by Crippen LogP contribution is -2.31. The fourth-order valence-electron chi connectivity index (χ4n) is 4.44. The summed E-state index contributed by atoms with van der Waals surface area (Å²) in [6.07, 6.45) is 0. The summed E-state index contributed by atoms with van der Waals surface area (Å²) in [5, 5.41) is 21.0. The van der Waals surface area contributed by atoms with E-state index in [0.29, 0.717) is 77.3 Å². The summed E-state index contributed by atoms with van der Waals surface area (Å²) in [4.78, 5) is 40.5. The summed E-state index contributed by atoms with van der Waals surface area (Å²) in [6, 6.07) is 10.1. The highest BCUT2D eigenvalue weighted by Crippen LogP contribution is 2.34. The van der Waals surface area contributed by atoms with Crippen molar-refractivity contribution in [2.24, 2.45) is 10.2 Å². The molecule has 236 valence electrons. The van der Waals surface area contributed by atoms with Gasteiger partial charge in [0.25, 0.3) is 11.8 Å². The minimum Gasteiger partial charge on any atom is -0.379 e. The second-order valence-corrected chi connectivity index (χ2v) is 9.57. The molecule has 0 fully saturated rings. The van der Waals surface area contributed by atoms with Gasteiger partial charge in [-0.3, -0.25) is 19.3 Å². The van der Waals surface area contributed by atoms with Crippen molar-refractivity contribution in [2.75, 3.05) is 82.7 Å². The Balaban J connectivity index is 1.85. The van der Waals surface area contributed by atoms with Crippen LogP contribution in [0.2, 0.25) is 0 Å². The third-order valence-corrected chi connectivity index (χ3v) is 6.61. The molecule has 44 heavy (non-hydrogen) atoms. The van der Waals surface area contributed by atoms with Crippen LogP contribution in [0.5, 0.6) is 0 Å².